The topological polar surface area (TPSA) is 113 Å². The lowest BCUT2D eigenvalue weighted by molar-refractivity contribution is -0.122. The molecule has 0 aliphatic heterocycles. The first-order chi connectivity index (χ1) is 17.4. The summed E-state index contributed by atoms with van der Waals surface area (Å²) < 4.78 is 7.08. The lowest BCUT2D eigenvalue weighted by atomic mass is 10.0. The van der Waals surface area contributed by atoms with Gasteiger partial charge in [0.1, 0.15) is 11.8 Å². The second-order valence-corrected chi connectivity index (χ2v) is 9.26. The number of benzene rings is 3. The fourth-order valence-corrected chi connectivity index (χ4v) is 4.78. The average molecular weight is 499 g/mol. The Kier molecular flexibility index (Phi) is 6.22. The number of fused-ring (bicyclic) bond motifs is 2. The van der Waals surface area contributed by atoms with Crippen molar-refractivity contribution in [3.63, 3.8) is 0 Å². The van der Waals surface area contributed by atoms with Crippen molar-refractivity contribution >= 4 is 49.5 Å². The Bertz CT molecular complexity index is 1630. The molecule has 2 amide bonds. The van der Waals surface area contributed by atoms with Gasteiger partial charge in [-0.15, -0.1) is 0 Å². The first-order valence-corrected chi connectivity index (χ1v) is 12.1. The van der Waals surface area contributed by atoms with Crippen LogP contribution in [0.15, 0.2) is 82.0 Å². The molecule has 5 aromatic rings. The van der Waals surface area contributed by atoms with Crippen molar-refractivity contribution in [2.75, 3.05) is 5.32 Å². The van der Waals surface area contributed by atoms with E-state index in [1.165, 1.54) is 11.3 Å². The van der Waals surface area contributed by atoms with Gasteiger partial charge in [0, 0.05) is 11.1 Å². The molecule has 3 aromatic carbocycles. The van der Waals surface area contributed by atoms with E-state index in [2.05, 4.69) is 21.2 Å². The highest BCUT2D eigenvalue weighted by Gasteiger charge is 2.20. The summed E-state index contributed by atoms with van der Waals surface area (Å²) in [5, 5.41) is 3.94. The molecule has 2 aromatic heterocycles. The Hall–Kier alpha value is -4.50. The molecule has 0 spiro atoms. The predicted molar refractivity (Wildman–Crippen MR) is 141 cm³/mol. The number of para-hydroxylation sites is 2. The maximum absolute atomic E-state index is 13.0. The molecular formula is C27H22N4O4S. The number of aromatic nitrogens is 1. The Labute approximate surface area is 210 Å². The highest BCUT2D eigenvalue weighted by molar-refractivity contribution is 7.22. The van der Waals surface area contributed by atoms with Crippen LogP contribution in [0.2, 0.25) is 0 Å². The van der Waals surface area contributed by atoms with Crippen LogP contribution in [0.5, 0.6) is 0 Å². The second kappa shape index (κ2) is 9.63. The molecule has 0 aliphatic rings. The van der Waals surface area contributed by atoms with Crippen LogP contribution in [-0.4, -0.2) is 22.8 Å². The number of hydrogen-bond donors (Lipinski definition) is 3. The van der Waals surface area contributed by atoms with E-state index < -0.39 is 17.9 Å². The van der Waals surface area contributed by atoms with Crippen molar-refractivity contribution < 1.29 is 14.0 Å². The van der Waals surface area contributed by atoms with E-state index in [4.69, 9.17) is 4.42 Å². The van der Waals surface area contributed by atoms with Gasteiger partial charge in [0.2, 0.25) is 0 Å². The number of hydrogen-bond acceptors (Lipinski definition) is 7. The minimum Gasteiger partial charge on any atom is -0.455 e. The van der Waals surface area contributed by atoms with E-state index in [1.807, 2.05) is 54.6 Å². The number of hydrazine groups is 1. The number of anilines is 1. The van der Waals surface area contributed by atoms with Crippen LogP contribution in [-0.2, 0) is 4.79 Å². The molecule has 0 saturated heterocycles. The number of nitrogens with one attached hydrogen (secondary N) is 3. The lowest BCUT2D eigenvalue weighted by Crippen LogP contribution is -2.47. The van der Waals surface area contributed by atoms with Crippen LogP contribution in [0.25, 0.3) is 32.5 Å². The third-order valence-corrected chi connectivity index (χ3v) is 6.72. The summed E-state index contributed by atoms with van der Waals surface area (Å²) in [5.41, 5.74) is 6.94. The second-order valence-electron chi connectivity index (χ2n) is 8.23. The van der Waals surface area contributed by atoms with Gasteiger partial charge in [0.25, 0.3) is 11.8 Å². The maximum Gasteiger partial charge on any atom is 0.273 e. The molecule has 3 N–H and O–H groups in total. The Morgan fingerprint density at radius 1 is 0.944 bits per heavy atom. The summed E-state index contributed by atoms with van der Waals surface area (Å²) in [6, 6.07) is 21.0. The molecule has 2 heterocycles. The van der Waals surface area contributed by atoms with Gasteiger partial charge in [-0.25, -0.2) is 4.98 Å². The summed E-state index contributed by atoms with van der Waals surface area (Å²) in [5.74, 6) is -0.664. The summed E-state index contributed by atoms with van der Waals surface area (Å²) >= 11 is 1.44. The van der Waals surface area contributed by atoms with Gasteiger partial charge < -0.3 is 9.73 Å². The normalized spacial score (nSPS) is 11.8. The van der Waals surface area contributed by atoms with Gasteiger partial charge in [-0.2, -0.15) is 0 Å². The zero-order chi connectivity index (χ0) is 25.2. The highest BCUT2D eigenvalue weighted by atomic mass is 32.1. The van der Waals surface area contributed by atoms with E-state index in [0.29, 0.717) is 16.5 Å². The minimum absolute atomic E-state index is 0.133. The molecule has 0 saturated carbocycles. The number of amides is 2. The lowest BCUT2D eigenvalue weighted by Gasteiger charge is -2.14. The van der Waals surface area contributed by atoms with Gasteiger partial charge in [-0.1, -0.05) is 59.9 Å². The number of carbonyl (C=O) groups excluding carboxylic acids is 2. The number of nitrogens with zero attached hydrogens (tertiary/aromatic N) is 1. The quantitative estimate of drug-likeness (QED) is 0.304. The van der Waals surface area contributed by atoms with E-state index in [1.54, 1.807) is 32.0 Å². The molecule has 0 bridgehead atoms. The van der Waals surface area contributed by atoms with Gasteiger partial charge in [0.05, 0.1) is 21.2 Å². The van der Waals surface area contributed by atoms with Crippen LogP contribution < -0.4 is 21.6 Å². The van der Waals surface area contributed by atoms with Crippen molar-refractivity contribution in [2.45, 2.75) is 19.9 Å². The van der Waals surface area contributed by atoms with Crippen molar-refractivity contribution in [2.24, 2.45) is 0 Å². The number of carbonyl (C=O) groups is 2. The molecule has 0 unspecified atom stereocenters. The van der Waals surface area contributed by atoms with Crippen LogP contribution in [0.1, 0.15) is 22.8 Å². The molecule has 0 fully saturated rings. The molecule has 5 rings (SSSR count). The molecule has 9 heteroatoms. The summed E-state index contributed by atoms with van der Waals surface area (Å²) in [6.45, 7) is 3.36. The van der Waals surface area contributed by atoms with E-state index in [9.17, 15) is 14.4 Å². The van der Waals surface area contributed by atoms with Crippen LogP contribution >= 0.6 is 11.3 Å². The van der Waals surface area contributed by atoms with Crippen molar-refractivity contribution in [1.29, 1.82) is 0 Å². The Balaban J connectivity index is 1.34. The molecule has 0 aliphatic carbocycles. The molecule has 1 atom stereocenters. The molecule has 180 valence electrons. The minimum atomic E-state index is -0.663. The summed E-state index contributed by atoms with van der Waals surface area (Å²) in [4.78, 5) is 43.1. The zero-order valence-electron chi connectivity index (χ0n) is 19.5. The van der Waals surface area contributed by atoms with E-state index in [-0.39, 0.29) is 22.0 Å². The monoisotopic (exact) mass is 498 g/mol. The molecule has 8 nitrogen and oxygen atoms in total. The Morgan fingerprint density at radius 2 is 1.69 bits per heavy atom. The highest BCUT2D eigenvalue weighted by Crippen LogP contribution is 2.28. The van der Waals surface area contributed by atoms with Crippen molar-refractivity contribution in [1.82, 2.24) is 15.8 Å². The van der Waals surface area contributed by atoms with Crippen molar-refractivity contribution in [3.8, 4) is 11.3 Å². The zero-order valence-corrected chi connectivity index (χ0v) is 20.3. The third-order valence-electron chi connectivity index (χ3n) is 5.75. The summed E-state index contributed by atoms with van der Waals surface area (Å²) in [6.07, 6.45) is 0. The fourth-order valence-electron chi connectivity index (χ4n) is 3.83. The molecule has 0 radical (unpaired) electrons. The van der Waals surface area contributed by atoms with Crippen LogP contribution in [0, 0.1) is 6.92 Å². The van der Waals surface area contributed by atoms with Crippen LogP contribution in [0.4, 0.5) is 5.13 Å². The third kappa shape index (κ3) is 4.44. The first-order valence-electron chi connectivity index (χ1n) is 11.3. The number of rotatable bonds is 5. The van der Waals surface area contributed by atoms with E-state index >= 15 is 0 Å². The van der Waals surface area contributed by atoms with E-state index in [0.717, 1.165) is 15.8 Å². The Morgan fingerprint density at radius 3 is 2.47 bits per heavy atom. The molecule has 36 heavy (non-hydrogen) atoms. The average Bonchev–Trinajstić information content (AvgIpc) is 3.31. The fraction of sp³-hybridized carbons (Fsp3) is 0.111. The van der Waals surface area contributed by atoms with Gasteiger partial charge in [-0.05, 0) is 38.1 Å². The number of thiazole rings is 1. The molecular weight excluding hydrogens is 476 g/mol. The maximum atomic E-state index is 13.0. The van der Waals surface area contributed by atoms with Crippen LogP contribution in [0.3, 0.4) is 0 Å². The summed E-state index contributed by atoms with van der Waals surface area (Å²) in [7, 11) is 0. The standard InChI is InChI=1S/C27H22N4O4S/c1-15-22(32)18-11-8-12-19(24(18)35-23(15)17-9-4-3-5-10-17)26(34)31-30-25(33)16(2)28-27-29-20-13-6-7-14-21(20)36-27/h3-14,16H,1-2H3,(H,28,29)(H,30,33)(H,31,34)/t16-/m1/s1. The van der Waals surface area contributed by atoms with Crippen molar-refractivity contribution in [3.05, 3.63) is 94.1 Å². The smallest absolute Gasteiger partial charge is 0.273 e. The predicted octanol–water partition coefficient (Wildman–Crippen LogP) is 4.64. The first kappa shape index (κ1) is 23.3. The van der Waals surface area contributed by atoms with Gasteiger partial charge >= 0.3 is 0 Å². The SMILES string of the molecule is Cc1c(-c2ccccc2)oc2c(C(=O)NNC(=O)[C@@H](C)Nc3nc4ccccc4s3)cccc2c1=O. The van der Waals surface area contributed by atoms with Gasteiger partial charge in [0.15, 0.2) is 16.1 Å². The van der Waals surface area contributed by atoms with Gasteiger partial charge in [-0.3, -0.25) is 25.2 Å². The largest absolute Gasteiger partial charge is 0.455 e.